The van der Waals surface area contributed by atoms with E-state index in [9.17, 15) is 14.1 Å². The number of aliphatic hydroxyl groups is 1. The maximum absolute atomic E-state index is 13.1. The summed E-state index contributed by atoms with van der Waals surface area (Å²) in [6, 6.07) is 11.6. The standard InChI is InChI=1S/C31H39ClN2O4S/c1-3-6-21-15-25(32)11-13-26(21)24-18-34-17-23-9-12-27(23)29(35)8-5-4-7-20(2)39(37)33-31(36)22-10-14-30(38-19-24)28(34)16-22/h5,8,10-11,13-16,20,23-24,27,29,35H,3-4,6-7,9,12,17-19H2,1-2H3,(H,33,36)/b8-5+/t20-,23?,24?,27?,29?,39?/m0/s1. The first-order valence-electron chi connectivity index (χ1n) is 14.2. The quantitative estimate of drug-likeness (QED) is 0.456. The fourth-order valence-electron chi connectivity index (χ4n) is 6.08. The minimum atomic E-state index is -1.50. The smallest absolute Gasteiger partial charge is 0.263 e. The van der Waals surface area contributed by atoms with Crippen LogP contribution >= 0.6 is 11.6 Å². The molecule has 8 heteroatoms. The number of rotatable bonds is 3. The van der Waals surface area contributed by atoms with E-state index in [2.05, 4.69) is 28.7 Å². The van der Waals surface area contributed by atoms with Gasteiger partial charge in [-0.2, -0.15) is 0 Å². The normalized spacial score (nSPS) is 30.3. The molecule has 0 aromatic heterocycles. The third-order valence-corrected chi connectivity index (χ3v) is 10.1. The van der Waals surface area contributed by atoms with Crippen molar-refractivity contribution < 1.29 is 18.8 Å². The Bertz CT molecular complexity index is 1250. The number of amides is 1. The van der Waals surface area contributed by atoms with Gasteiger partial charge < -0.3 is 14.7 Å². The summed E-state index contributed by atoms with van der Waals surface area (Å²) >= 11 is 6.37. The summed E-state index contributed by atoms with van der Waals surface area (Å²) in [6.07, 6.45) is 8.82. The number of hydrogen-bond acceptors (Lipinski definition) is 5. The predicted molar refractivity (Wildman–Crippen MR) is 158 cm³/mol. The Morgan fingerprint density at radius 1 is 1.15 bits per heavy atom. The summed E-state index contributed by atoms with van der Waals surface area (Å²) in [5, 5.41) is 11.5. The molecule has 6 nitrogen and oxygen atoms in total. The van der Waals surface area contributed by atoms with Crippen molar-refractivity contribution >= 4 is 34.2 Å². The molecule has 210 valence electrons. The Morgan fingerprint density at radius 3 is 2.77 bits per heavy atom. The fourth-order valence-corrected chi connectivity index (χ4v) is 7.12. The van der Waals surface area contributed by atoms with Crippen molar-refractivity contribution in [3.05, 3.63) is 70.3 Å². The molecule has 2 heterocycles. The highest BCUT2D eigenvalue weighted by molar-refractivity contribution is 7.84. The van der Waals surface area contributed by atoms with Crippen LogP contribution in [0.4, 0.5) is 5.69 Å². The van der Waals surface area contributed by atoms with Gasteiger partial charge in [0.05, 0.1) is 23.6 Å². The van der Waals surface area contributed by atoms with Crippen molar-refractivity contribution in [2.45, 2.75) is 69.6 Å². The largest absolute Gasteiger partial charge is 0.491 e. The minimum absolute atomic E-state index is 0.121. The van der Waals surface area contributed by atoms with Gasteiger partial charge in [0.2, 0.25) is 0 Å². The van der Waals surface area contributed by atoms with Gasteiger partial charge in [-0.3, -0.25) is 9.52 Å². The molecule has 1 fully saturated rings. The average molecular weight is 571 g/mol. The van der Waals surface area contributed by atoms with E-state index in [4.69, 9.17) is 16.3 Å². The van der Waals surface area contributed by atoms with Crippen LogP contribution in [0.5, 0.6) is 5.75 Å². The van der Waals surface area contributed by atoms with Crippen LogP contribution in [0.15, 0.2) is 48.6 Å². The number of aryl methyl sites for hydroxylation is 1. The van der Waals surface area contributed by atoms with Crippen molar-refractivity contribution in [2.75, 3.05) is 24.6 Å². The molecule has 3 aliphatic rings. The molecule has 2 N–H and O–H groups in total. The van der Waals surface area contributed by atoms with Crippen molar-refractivity contribution in [3.8, 4) is 5.75 Å². The van der Waals surface area contributed by atoms with Crippen molar-refractivity contribution in [3.63, 3.8) is 0 Å². The zero-order chi connectivity index (χ0) is 27.5. The predicted octanol–water partition coefficient (Wildman–Crippen LogP) is 5.79. The van der Waals surface area contributed by atoms with E-state index in [0.29, 0.717) is 30.9 Å². The summed E-state index contributed by atoms with van der Waals surface area (Å²) in [5.41, 5.74) is 3.84. The second kappa shape index (κ2) is 12.4. The van der Waals surface area contributed by atoms with Gasteiger partial charge in [0.25, 0.3) is 5.91 Å². The van der Waals surface area contributed by atoms with Crippen LogP contribution in [0.1, 0.15) is 73.4 Å². The van der Waals surface area contributed by atoms with Gasteiger partial charge in [-0.15, -0.1) is 0 Å². The molecule has 2 bridgehead atoms. The third-order valence-electron chi connectivity index (χ3n) is 8.51. The Morgan fingerprint density at radius 2 is 2.00 bits per heavy atom. The van der Waals surface area contributed by atoms with Gasteiger partial charge in [0.15, 0.2) is 0 Å². The molecule has 0 radical (unpaired) electrons. The number of halogens is 1. The Kier molecular flexibility index (Phi) is 8.99. The molecular formula is C31H39ClN2O4S. The molecule has 0 spiro atoms. The second-order valence-corrected chi connectivity index (χ2v) is 13.3. The van der Waals surface area contributed by atoms with Gasteiger partial charge in [0, 0.05) is 29.6 Å². The molecular weight excluding hydrogens is 532 g/mol. The zero-order valence-electron chi connectivity index (χ0n) is 22.8. The number of ether oxygens (including phenoxy) is 1. The summed E-state index contributed by atoms with van der Waals surface area (Å²) < 4.78 is 21.9. The number of carbonyl (C=O) groups excluding carboxylic acids is 1. The number of nitrogens with one attached hydrogen (secondary N) is 1. The van der Waals surface area contributed by atoms with Gasteiger partial charge in [-0.05, 0) is 92.3 Å². The van der Waals surface area contributed by atoms with Crippen molar-refractivity contribution in [2.24, 2.45) is 11.8 Å². The van der Waals surface area contributed by atoms with E-state index in [1.165, 1.54) is 11.1 Å². The van der Waals surface area contributed by atoms with E-state index >= 15 is 0 Å². The topological polar surface area (TPSA) is 78.9 Å². The number of anilines is 1. The Labute approximate surface area is 239 Å². The molecule has 1 aliphatic carbocycles. The van der Waals surface area contributed by atoms with Crippen molar-refractivity contribution in [1.82, 2.24) is 4.72 Å². The average Bonchev–Trinajstić information content (AvgIpc) is 3.07. The molecule has 2 aliphatic heterocycles. The Balaban J connectivity index is 1.52. The van der Waals surface area contributed by atoms with Gasteiger partial charge in [-0.25, -0.2) is 4.21 Å². The fraction of sp³-hybridized carbons (Fsp3) is 0.516. The molecule has 1 amide bonds. The van der Waals surface area contributed by atoms with E-state index in [0.717, 1.165) is 55.2 Å². The van der Waals surface area contributed by atoms with E-state index in [-0.39, 0.29) is 23.0 Å². The van der Waals surface area contributed by atoms with Gasteiger partial charge in [0.1, 0.15) is 16.7 Å². The first kappa shape index (κ1) is 28.2. The SMILES string of the molecule is CCCc1cc(Cl)ccc1C1COc2ccc3cc2N(C1)CC1CCC1C(O)/C=C/CC[C@H](C)S(=O)NC3=O. The van der Waals surface area contributed by atoms with Crippen LogP contribution in [-0.4, -0.2) is 46.3 Å². The van der Waals surface area contributed by atoms with Crippen LogP contribution in [0.25, 0.3) is 0 Å². The molecule has 39 heavy (non-hydrogen) atoms. The summed E-state index contributed by atoms with van der Waals surface area (Å²) in [7, 11) is -1.50. The molecule has 5 rings (SSSR count). The molecule has 2 aromatic carbocycles. The lowest BCUT2D eigenvalue weighted by Gasteiger charge is -2.42. The maximum Gasteiger partial charge on any atom is 0.263 e. The highest BCUT2D eigenvalue weighted by Crippen LogP contribution is 2.42. The van der Waals surface area contributed by atoms with E-state index in [1.54, 1.807) is 6.07 Å². The highest BCUT2D eigenvalue weighted by atomic mass is 35.5. The van der Waals surface area contributed by atoms with E-state index < -0.39 is 17.1 Å². The lowest BCUT2D eigenvalue weighted by Crippen LogP contribution is -2.44. The third kappa shape index (κ3) is 6.36. The summed E-state index contributed by atoms with van der Waals surface area (Å²) in [6.45, 7) is 6.07. The van der Waals surface area contributed by atoms with Gasteiger partial charge in [-0.1, -0.05) is 43.2 Å². The molecule has 2 aromatic rings. The van der Waals surface area contributed by atoms with Crippen LogP contribution in [0.2, 0.25) is 5.02 Å². The van der Waals surface area contributed by atoms with Crippen LogP contribution < -0.4 is 14.4 Å². The van der Waals surface area contributed by atoms with Crippen LogP contribution in [0.3, 0.4) is 0 Å². The van der Waals surface area contributed by atoms with E-state index in [1.807, 2.05) is 37.3 Å². The maximum atomic E-state index is 13.1. The molecule has 1 saturated carbocycles. The molecule has 5 unspecified atom stereocenters. The first-order chi connectivity index (χ1) is 18.8. The zero-order valence-corrected chi connectivity index (χ0v) is 24.3. The Hall–Kier alpha value is -2.35. The number of fused-ring (bicyclic) bond motifs is 2. The van der Waals surface area contributed by atoms with Crippen LogP contribution in [0, 0.1) is 11.8 Å². The van der Waals surface area contributed by atoms with Crippen LogP contribution in [-0.2, 0) is 17.4 Å². The summed E-state index contributed by atoms with van der Waals surface area (Å²) in [4.78, 5) is 15.5. The molecule has 6 atom stereocenters. The monoisotopic (exact) mass is 570 g/mol. The second-order valence-electron chi connectivity index (χ2n) is 11.2. The number of hydrogen-bond donors (Lipinski definition) is 2. The number of carbonyl (C=O) groups is 1. The number of benzene rings is 2. The highest BCUT2D eigenvalue weighted by Gasteiger charge is 2.38. The lowest BCUT2D eigenvalue weighted by atomic mass is 9.70. The number of aliphatic hydroxyl groups excluding tert-OH is 1. The number of nitrogens with zero attached hydrogens (tertiary/aromatic N) is 1. The summed E-state index contributed by atoms with van der Waals surface area (Å²) in [5.74, 6) is 1.06. The molecule has 0 saturated heterocycles. The minimum Gasteiger partial charge on any atom is -0.491 e. The van der Waals surface area contributed by atoms with Gasteiger partial charge >= 0.3 is 0 Å². The lowest BCUT2D eigenvalue weighted by molar-refractivity contribution is 0.0461. The number of allylic oxidation sites excluding steroid dienone is 1. The van der Waals surface area contributed by atoms with Crippen molar-refractivity contribution in [1.29, 1.82) is 0 Å². The first-order valence-corrected chi connectivity index (χ1v) is 15.8.